The molecule has 1 saturated heterocycles. The normalized spacial score (nSPS) is 18.3. The van der Waals surface area contributed by atoms with Gasteiger partial charge in [-0.15, -0.1) is 0 Å². The second-order valence-corrected chi connectivity index (χ2v) is 6.66. The van der Waals surface area contributed by atoms with E-state index < -0.39 is 11.9 Å². The fourth-order valence-electron chi connectivity index (χ4n) is 3.57. The van der Waals surface area contributed by atoms with Crippen LogP contribution in [0.25, 0.3) is 0 Å². The fourth-order valence-corrected chi connectivity index (χ4v) is 3.57. The molecule has 0 amide bonds. The van der Waals surface area contributed by atoms with Crippen LogP contribution in [0.4, 0.5) is 4.39 Å². The van der Waals surface area contributed by atoms with Gasteiger partial charge in [0.1, 0.15) is 24.2 Å². The minimum Gasteiger partial charge on any atom is -0.497 e. The molecule has 1 N–H and O–H groups in total. The third kappa shape index (κ3) is 4.70. The Morgan fingerprint density at radius 1 is 1.15 bits per heavy atom. The minimum atomic E-state index is -0.721. The molecule has 0 radical (unpaired) electrons. The summed E-state index contributed by atoms with van der Waals surface area (Å²) in [4.78, 5) is 2.21. The van der Waals surface area contributed by atoms with E-state index in [4.69, 9.17) is 14.2 Å². The fraction of sp³-hybridized carbons (Fsp3) is 0.429. The molecule has 1 fully saturated rings. The van der Waals surface area contributed by atoms with Crippen molar-refractivity contribution in [2.24, 2.45) is 0 Å². The van der Waals surface area contributed by atoms with Gasteiger partial charge in [-0.2, -0.15) is 0 Å². The number of methoxy groups -OCH3 is 2. The number of nitrogens with zero attached hydrogens (tertiary/aromatic N) is 1. The highest BCUT2D eigenvalue weighted by Crippen LogP contribution is 2.38. The number of para-hydroxylation sites is 1. The zero-order valence-corrected chi connectivity index (χ0v) is 15.7. The Morgan fingerprint density at radius 2 is 1.96 bits per heavy atom. The molecule has 6 heteroatoms. The van der Waals surface area contributed by atoms with Crippen molar-refractivity contribution in [2.75, 3.05) is 33.9 Å². The SMILES string of the molecule is COc1ccc(OC)c(C2CCCN2CC(O)COc2ccccc2F)c1. The number of β-amino-alcohol motifs (C(OH)–C–C–N with tert-alkyl or cyclic N) is 1. The molecule has 2 unspecified atom stereocenters. The maximum absolute atomic E-state index is 13.6. The second kappa shape index (κ2) is 9.06. The molecule has 0 bridgehead atoms. The molecule has 5 nitrogen and oxygen atoms in total. The topological polar surface area (TPSA) is 51.2 Å². The molecule has 2 aromatic carbocycles. The molecule has 2 aromatic rings. The van der Waals surface area contributed by atoms with Crippen LogP contribution in [-0.4, -0.2) is 50.0 Å². The van der Waals surface area contributed by atoms with Gasteiger partial charge in [-0.05, 0) is 49.7 Å². The van der Waals surface area contributed by atoms with Gasteiger partial charge in [0.15, 0.2) is 11.6 Å². The van der Waals surface area contributed by atoms with Gasteiger partial charge in [-0.3, -0.25) is 4.90 Å². The number of halogens is 1. The summed E-state index contributed by atoms with van der Waals surface area (Å²) in [5, 5.41) is 10.4. The zero-order chi connectivity index (χ0) is 19.2. The van der Waals surface area contributed by atoms with Crippen molar-refractivity contribution in [3.05, 3.63) is 53.8 Å². The van der Waals surface area contributed by atoms with Gasteiger partial charge >= 0.3 is 0 Å². The number of rotatable bonds is 8. The number of hydrogen-bond donors (Lipinski definition) is 1. The number of likely N-dealkylation sites (tertiary alicyclic amines) is 1. The molecule has 0 aliphatic carbocycles. The Hall–Kier alpha value is -2.31. The highest BCUT2D eigenvalue weighted by atomic mass is 19.1. The lowest BCUT2D eigenvalue weighted by molar-refractivity contribution is 0.0622. The molecule has 1 aliphatic rings. The van der Waals surface area contributed by atoms with Crippen molar-refractivity contribution in [3.8, 4) is 17.2 Å². The van der Waals surface area contributed by atoms with E-state index in [1.165, 1.54) is 6.07 Å². The zero-order valence-electron chi connectivity index (χ0n) is 15.7. The highest BCUT2D eigenvalue weighted by molar-refractivity contribution is 5.42. The molecule has 1 aliphatic heterocycles. The van der Waals surface area contributed by atoms with E-state index in [2.05, 4.69) is 4.90 Å². The summed E-state index contributed by atoms with van der Waals surface area (Å²) in [6.45, 7) is 1.36. The Kier molecular flexibility index (Phi) is 6.53. The van der Waals surface area contributed by atoms with Crippen LogP contribution in [0.2, 0.25) is 0 Å². The van der Waals surface area contributed by atoms with Crippen molar-refractivity contribution in [1.82, 2.24) is 4.90 Å². The number of aliphatic hydroxyl groups excluding tert-OH is 1. The van der Waals surface area contributed by atoms with Gasteiger partial charge in [0.05, 0.1) is 14.2 Å². The predicted molar refractivity (Wildman–Crippen MR) is 101 cm³/mol. The minimum absolute atomic E-state index is 0.0411. The van der Waals surface area contributed by atoms with Crippen LogP contribution in [-0.2, 0) is 0 Å². The van der Waals surface area contributed by atoms with Gasteiger partial charge in [0.25, 0.3) is 0 Å². The molecule has 0 aromatic heterocycles. The van der Waals surface area contributed by atoms with E-state index in [-0.39, 0.29) is 18.4 Å². The van der Waals surface area contributed by atoms with Crippen LogP contribution in [0.3, 0.4) is 0 Å². The molecule has 1 heterocycles. The summed E-state index contributed by atoms with van der Waals surface area (Å²) in [5.41, 5.74) is 1.05. The van der Waals surface area contributed by atoms with Crippen molar-refractivity contribution in [3.63, 3.8) is 0 Å². The summed E-state index contributed by atoms with van der Waals surface area (Å²) >= 11 is 0. The molecule has 3 rings (SSSR count). The summed E-state index contributed by atoms with van der Waals surface area (Å²) in [7, 11) is 3.30. The van der Waals surface area contributed by atoms with Crippen LogP contribution < -0.4 is 14.2 Å². The number of hydrogen-bond acceptors (Lipinski definition) is 5. The van der Waals surface area contributed by atoms with Crippen molar-refractivity contribution < 1.29 is 23.7 Å². The van der Waals surface area contributed by atoms with Crippen molar-refractivity contribution in [2.45, 2.75) is 25.0 Å². The van der Waals surface area contributed by atoms with E-state index in [0.29, 0.717) is 6.54 Å². The van der Waals surface area contributed by atoms with Gasteiger partial charge in [-0.25, -0.2) is 4.39 Å². The molecule has 0 saturated carbocycles. The molecule has 0 spiro atoms. The molecule has 2 atom stereocenters. The average Bonchev–Trinajstić information content (AvgIpc) is 3.14. The summed E-state index contributed by atoms with van der Waals surface area (Å²) in [5.74, 6) is 1.32. The highest BCUT2D eigenvalue weighted by Gasteiger charge is 2.30. The lowest BCUT2D eigenvalue weighted by Crippen LogP contribution is -2.35. The van der Waals surface area contributed by atoms with Crippen LogP contribution in [0.5, 0.6) is 17.2 Å². The number of ether oxygens (including phenoxy) is 3. The second-order valence-electron chi connectivity index (χ2n) is 6.66. The third-order valence-electron chi connectivity index (χ3n) is 4.87. The maximum atomic E-state index is 13.6. The van der Waals surface area contributed by atoms with Crippen LogP contribution in [0.15, 0.2) is 42.5 Å². The van der Waals surface area contributed by atoms with E-state index >= 15 is 0 Å². The molecular formula is C21H26FNO4. The summed E-state index contributed by atoms with van der Waals surface area (Å²) < 4.78 is 29.9. The molecular weight excluding hydrogens is 349 g/mol. The largest absolute Gasteiger partial charge is 0.497 e. The van der Waals surface area contributed by atoms with Gasteiger partial charge < -0.3 is 19.3 Å². The first kappa shape index (κ1) is 19.5. The quantitative estimate of drug-likeness (QED) is 0.766. The van der Waals surface area contributed by atoms with E-state index in [1.807, 2.05) is 18.2 Å². The smallest absolute Gasteiger partial charge is 0.165 e. The monoisotopic (exact) mass is 375 g/mol. The van der Waals surface area contributed by atoms with Crippen molar-refractivity contribution in [1.29, 1.82) is 0 Å². The van der Waals surface area contributed by atoms with Crippen LogP contribution in [0.1, 0.15) is 24.4 Å². The molecule has 146 valence electrons. The Balaban J connectivity index is 1.65. The summed E-state index contributed by atoms with van der Waals surface area (Å²) in [6, 6.07) is 12.1. The van der Waals surface area contributed by atoms with Crippen molar-refractivity contribution >= 4 is 0 Å². The maximum Gasteiger partial charge on any atom is 0.165 e. The lowest BCUT2D eigenvalue weighted by Gasteiger charge is -2.28. The lowest BCUT2D eigenvalue weighted by atomic mass is 10.0. The third-order valence-corrected chi connectivity index (χ3v) is 4.87. The Morgan fingerprint density at radius 3 is 2.70 bits per heavy atom. The number of aliphatic hydroxyl groups is 1. The Bertz CT molecular complexity index is 755. The van der Waals surface area contributed by atoms with E-state index in [1.54, 1.807) is 32.4 Å². The first-order valence-corrected chi connectivity index (χ1v) is 9.13. The van der Waals surface area contributed by atoms with Gasteiger partial charge in [0, 0.05) is 18.2 Å². The predicted octanol–water partition coefficient (Wildman–Crippen LogP) is 3.42. The van der Waals surface area contributed by atoms with Gasteiger partial charge in [-0.1, -0.05) is 12.1 Å². The van der Waals surface area contributed by atoms with E-state index in [9.17, 15) is 9.50 Å². The van der Waals surface area contributed by atoms with Crippen LogP contribution in [0, 0.1) is 5.82 Å². The van der Waals surface area contributed by atoms with Gasteiger partial charge in [0.2, 0.25) is 0 Å². The molecule has 27 heavy (non-hydrogen) atoms. The Labute approximate surface area is 159 Å². The first-order chi connectivity index (χ1) is 13.1. The standard InChI is InChI=1S/C21H26FNO4/c1-25-16-9-10-20(26-2)17(12-16)19-7-5-11-23(19)13-15(24)14-27-21-8-4-3-6-18(21)22/h3-4,6,8-10,12,15,19,24H,5,7,11,13-14H2,1-2H3. The number of benzene rings is 2. The van der Waals surface area contributed by atoms with E-state index in [0.717, 1.165) is 36.4 Å². The average molecular weight is 375 g/mol. The summed E-state index contributed by atoms with van der Waals surface area (Å²) in [6.07, 6.45) is 1.29. The first-order valence-electron chi connectivity index (χ1n) is 9.13. The van der Waals surface area contributed by atoms with Crippen LogP contribution >= 0.6 is 0 Å².